The number of amides is 4. The van der Waals surface area contributed by atoms with Gasteiger partial charge in [-0.1, -0.05) is 12.1 Å². The number of piperidine rings is 1. The van der Waals surface area contributed by atoms with Gasteiger partial charge >= 0.3 is 0 Å². The molecule has 0 radical (unpaired) electrons. The predicted octanol–water partition coefficient (Wildman–Crippen LogP) is -0.375. The van der Waals surface area contributed by atoms with E-state index in [1.165, 1.54) is 4.90 Å². The number of rotatable bonds is 5. The van der Waals surface area contributed by atoms with Gasteiger partial charge in [-0.2, -0.15) is 0 Å². The van der Waals surface area contributed by atoms with E-state index in [4.69, 9.17) is 0 Å². The van der Waals surface area contributed by atoms with Crippen LogP contribution in [0.25, 0.3) is 0 Å². The van der Waals surface area contributed by atoms with Crippen LogP contribution in [0.2, 0.25) is 0 Å². The molecule has 3 rings (SSSR count). The van der Waals surface area contributed by atoms with E-state index in [2.05, 4.69) is 10.6 Å². The Balaban J connectivity index is 1.74. The summed E-state index contributed by atoms with van der Waals surface area (Å²) in [5.41, 5.74) is 2.24. The summed E-state index contributed by atoms with van der Waals surface area (Å²) >= 11 is 0. The first-order valence-electron chi connectivity index (χ1n) is 8.53. The van der Waals surface area contributed by atoms with Crippen LogP contribution in [0.4, 0.5) is 0 Å². The third-order valence-electron chi connectivity index (χ3n) is 4.61. The SMILES string of the molecule is CN(C)CC(=O)NCc1cccc2c1CN(C1CCC(=O)NC1=O)C2=O. The molecule has 0 aliphatic carbocycles. The molecule has 0 aromatic heterocycles. The van der Waals surface area contributed by atoms with Crippen molar-refractivity contribution in [2.75, 3.05) is 20.6 Å². The maximum Gasteiger partial charge on any atom is 0.255 e. The molecule has 2 heterocycles. The molecule has 1 aromatic carbocycles. The fourth-order valence-corrected chi connectivity index (χ4v) is 3.35. The third kappa shape index (κ3) is 3.60. The Kier molecular flexibility index (Phi) is 5.03. The number of imide groups is 1. The van der Waals surface area contributed by atoms with Crippen molar-refractivity contribution >= 4 is 23.6 Å². The van der Waals surface area contributed by atoms with Gasteiger partial charge in [-0.05, 0) is 37.7 Å². The van der Waals surface area contributed by atoms with Crippen LogP contribution in [0.5, 0.6) is 0 Å². The van der Waals surface area contributed by atoms with Crippen molar-refractivity contribution in [3.8, 4) is 0 Å². The molecule has 8 nitrogen and oxygen atoms in total. The largest absolute Gasteiger partial charge is 0.351 e. The predicted molar refractivity (Wildman–Crippen MR) is 92.9 cm³/mol. The Labute approximate surface area is 151 Å². The topological polar surface area (TPSA) is 98.8 Å². The van der Waals surface area contributed by atoms with Crippen molar-refractivity contribution in [1.29, 1.82) is 0 Å². The lowest BCUT2D eigenvalue weighted by Crippen LogP contribution is -2.52. The lowest BCUT2D eigenvalue weighted by Gasteiger charge is -2.29. The van der Waals surface area contributed by atoms with E-state index in [0.29, 0.717) is 25.1 Å². The molecule has 2 aliphatic rings. The van der Waals surface area contributed by atoms with Crippen LogP contribution in [-0.2, 0) is 27.5 Å². The Morgan fingerprint density at radius 2 is 2.08 bits per heavy atom. The molecular formula is C18H22N4O4. The van der Waals surface area contributed by atoms with E-state index in [0.717, 1.165) is 11.1 Å². The first kappa shape index (κ1) is 18.1. The molecule has 1 fully saturated rings. The molecule has 0 saturated carbocycles. The molecule has 2 aliphatic heterocycles. The van der Waals surface area contributed by atoms with E-state index < -0.39 is 11.9 Å². The number of nitrogens with zero attached hydrogens (tertiary/aromatic N) is 2. The van der Waals surface area contributed by atoms with Crippen LogP contribution in [0.15, 0.2) is 18.2 Å². The number of benzene rings is 1. The minimum absolute atomic E-state index is 0.0982. The van der Waals surface area contributed by atoms with E-state index >= 15 is 0 Å². The Morgan fingerprint density at radius 1 is 1.31 bits per heavy atom. The molecular weight excluding hydrogens is 336 g/mol. The normalized spacial score (nSPS) is 19.6. The van der Waals surface area contributed by atoms with Gasteiger partial charge < -0.3 is 15.1 Å². The first-order chi connectivity index (χ1) is 12.4. The van der Waals surface area contributed by atoms with Gasteiger partial charge in [0.2, 0.25) is 17.7 Å². The number of carbonyl (C=O) groups excluding carboxylic acids is 4. The van der Waals surface area contributed by atoms with Crippen molar-refractivity contribution in [1.82, 2.24) is 20.4 Å². The molecule has 2 N–H and O–H groups in total. The summed E-state index contributed by atoms with van der Waals surface area (Å²) in [6, 6.07) is 4.74. The number of nitrogens with one attached hydrogen (secondary N) is 2. The summed E-state index contributed by atoms with van der Waals surface area (Å²) in [7, 11) is 3.63. The molecule has 1 saturated heterocycles. The van der Waals surface area contributed by atoms with Gasteiger partial charge in [0.15, 0.2) is 0 Å². The average Bonchev–Trinajstić information content (AvgIpc) is 2.90. The number of likely N-dealkylation sites (N-methyl/N-ethyl adjacent to an activating group) is 1. The molecule has 4 amide bonds. The number of hydrogen-bond donors (Lipinski definition) is 2. The number of carbonyl (C=O) groups is 4. The minimum Gasteiger partial charge on any atom is -0.351 e. The van der Waals surface area contributed by atoms with Crippen LogP contribution >= 0.6 is 0 Å². The fourth-order valence-electron chi connectivity index (χ4n) is 3.35. The van der Waals surface area contributed by atoms with Crippen molar-refractivity contribution in [3.63, 3.8) is 0 Å². The quantitative estimate of drug-likeness (QED) is 0.700. The summed E-state index contributed by atoms with van der Waals surface area (Å²) in [6.45, 7) is 0.919. The third-order valence-corrected chi connectivity index (χ3v) is 4.61. The van der Waals surface area contributed by atoms with Crippen LogP contribution in [0.3, 0.4) is 0 Å². The molecule has 1 aromatic rings. The van der Waals surface area contributed by atoms with Crippen molar-refractivity contribution in [2.24, 2.45) is 0 Å². The van der Waals surface area contributed by atoms with Crippen LogP contribution in [0.1, 0.15) is 34.3 Å². The highest BCUT2D eigenvalue weighted by molar-refractivity contribution is 6.05. The van der Waals surface area contributed by atoms with Gasteiger partial charge in [0.05, 0.1) is 6.54 Å². The van der Waals surface area contributed by atoms with Crippen LogP contribution in [0, 0.1) is 0 Å². The first-order valence-corrected chi connectivity index (χ1v) is 8.53. The van der Waals surface area contributed by atoms with E-state index in [1.807, 2.05) is 20.2 Å². The monoisotopic (exact) mass is 358 g/mol. The summed E-state index contributed by atoms with van der Waals surface area (Å²) < 4.78 is 0. The van der Waals surface area contributed by atoms with E-state index in [9.17, 15) is 19.2 Å². The zero-order chi connectivity index (χ0) is 18.8. The van der Waals surface area contributed by atoms with Gasteiger partial charge in [0, 0.05) is 25.1 Å². The summed E-state index contributed by atoms with van der Waals surface area (Å²) in [6.07, 6.45) is 0.559. The molecule has 26 heavy (non-hydrogen) atoms. The molecule has 1 atom stereocenters. The maximum absolute atomic E-state index is 12.7. The number of fused-ring (bicyclic) bond motifs is 1. The standard InChI is InChI=1S/C18H22N4O4/c1-21(2)10-16(24)19-8-11-4-3-5-12-13(11)9-22(18(12)26)14-6-7-15(23)20-17(14)25/h3-5,14H,6-10H2,1-2H3,(H,19,24)(H,20,23,25). The van der Waals surface area contributed by atoms with Gasteiger partial charge in [0.25, 0.3) is 5.91 Å². The van der Waals surface area contributed by atoms with E-state index in [-0.39, 0.29) is 30.7 Å². The summed E-state index contributed by atoms with van der Waals surface area (Å²) in [4.78, 5) is 51.3. The van der Waals surface area contributed by atoms with Gasteiger partial charge in [-0.3, -0.25) is 24.5 Å². The van der Waals surface area contributed by atoms with Crippen molar-refractivity contribution < 1.29 is 19.2 Å². The maximum atomic E-state index is 12.7. The highest BCUT2D eigenvalue weighted by atomic mass is 16.2. The lowest BCUT2D eigenvalue weighted by molar-refractivity contribution is -0.137. The average molecular weight is 358 g/mol. The zero-order valence-corrected chi connectivity index (χ0v) is 14.9. The smallest absolute Gasteiger partial charge is 0.255 e. The van der Waals surface area contributed by atoms with Crippen molar-refractivity contribution in [2.45, 2.75) is 32.0 Å². The van der Waals surface area contributed by atoms with E-state index in [1.54, 1.807) is 17.0 Å². The Hall–Kier alpha value is -2.74. The lowest BCUT2D eigenvalue weighted by atomic mass is 10.0. The van der Waals surface area contributed by atoms with Gasteiger partial charge in [0.1, 0.15) is 6.04 Å². The van der Waals surface area contributed by atoms with Crippen LogP contribution in [-0.4, -0.2) is 60.1 Å². The van der Waals surface area contributed by atoms with Crippen LogP contribution < -0.4 is 10.6 Å². The molecule has 0 bridgehead atoms. The second-order valence-electron chi connectivity index (χ2n) is 6.86. The van der Waals surface area contributed by atoms with Crippen molar-refractivity contribution in [3.05, 3.63) is 34.9 Å². The van der Waals surface area contributed by atoms with Gasteiger partial charge in [-0.15, -0.1) is 0 Å². The fraction of sp³-hybridized carbons (Fsp3) is 0.444. The summed E-state index contributed by atoms with van der Waals surface area (Å²) in [5, 5.41) is 5.14. The molecule has 1 unspecified atom stereocenters. The molecule has 0 spiro atoms. The molecule has 8 heteroatoms. The Morgan fingerprint density at radius 3 is 2.77 bits per heavy atom. The minimum atomic E-state index is -0.635. The second-order valence-corrected chi connectivity index (χ2v) is 6.86. The molecule has 138 valence electrons. The summed E-state index contributed by atoms with van der Waals surface area (Å²) in [5.74, 6) is -1.04. The Bertz CT molecular complexity index is 774. The highest BCUT2D eigenvalue weighted by Gasteiger charge is 2.39. The second kappa shape index (κ2) is 7.25. The number of hydrogen-bond acceptors (Lipinski definition) is 5. The zero-order valence-electron chi connectivity index (χ0n) is 14.9. The van der Waals surface area contributed by atoms with Gasteiger partial charge in [-0.25, -0.2) is 0 Å². The highest BCUT2D eigenvalue weighted by Crippen LogP contribution is 2.29.